The number of nitrogens with one attached hydrogen (secondary N) is 1. The Hall–Kier alpha value is -1.90. The van der Waals surface area contributed by atoms with E-state index in [1.54, 1.807) is 5.38 Å². The smallest absolute Gasteiger partial charge is 0.234 e. The zero-order valence-corrected chi connectivity index (χ0v) is 17.3. The lowest BCUT2D eigenvalue weighted by Crippen LogP contribution is -2.51. The van der Waals surface area contributed by atoms with Gasteiger partial charge in [-0.2, -0.15) is 0 Å². The van der Waals surface area contributed by atoms with Crippen molar-refractivity contribution in [1.82, 2.24) is 20.1 Å². The van der Waals surface area contributed by atoms with Gasteiger partial charge in [0.15, 0.2) is 0 Å². The van der Waals surface area contributed by atoms with Crippen LogP contribution in [0.15, 0.2) is 23.6 Å². The molecule has 1 aromatic heterocycles. The minimum absolute atomic E-state index is 0.0441. The van der Waals surface area contributed by atoms with E-state index in [2.05, 4.69) is 20.1 Å². The molecular formula is C20H26F2N4OS. The first-order valence-electron chi connectivity index (χ1n) is 9.35. The summed E-state index contributed by atoms with van der Waals surface area (Å²) in [6.07, 6.45) is 0. The largest absolute Gasteiger partial charge is 0.350 e. The first-order chi connectivity index (χ1) is 13.2. The summed E-state index contributed by atoms with van der Waals surface area (Å²) < 4.78 is 27.3. The minimum Gasteiger partial charge on any atom is -0.350 e. The summed E-state index contributed by atoms with van der Waals surface area (Å²) >= 11 is 1.45. The maximum absolute atomic E-state index is 13.9. The van der Waals surface area contributed by atoms with Crippen molar-refractivity contribution in [3.05, 3.63) is 40.2 Å². The van der Waals surface area contributed by atoms with Gasteiger partial charge in [0, 0.05) is 42.7 Å². The second-order valence-electron chi connectivity index (χ2n) is 8.10. The van der Waals surface area contributed by atoms with E-state index < -0.39 is 11.6 Å². The monoisotopic (exact) mass is 408 g/mol. The molecule has 28 heavy (non-hydrogen) atoms. The van der Waals surface area contributed by atoms with E-state index in [0.717, 1.165) is 43.3 Å². The predicted octanol–water partition coefficient (Wildman–Crippen LogP) is 3.12. The molecule has 0 atom stereocenters. The number of nitrogens with zero attached hydrogens (tertiary/aromatic N) is 3. The number of amides is 1. The van der Waals surface area contributed by atoms with Crippen molar-refractivity contribution in [2.75, 3.05) is 32.7 Å². The highest BCUT2D eigenvalue weighted by atomic mass is 32.1. The lowest BCUT2D eigenvalue weighted by atomic mass is 10.1. The Morgan fingerprint density at radius 1 is 1.18 bits per heavy atom. The third kappa shape index (κ3) is 5.80. The van der Waals surface area contributed by atoms with Crippen LogP contribution in [0.3, 0.4) is 0 Å². The predicted molar refractivity (Wildman–Crippen MR) is 107 cm³/mol. The molecule has 1 aromatic carbocycles. The van der Waals surface area contributed by atoms with Crippen molar-refractivity contribution >= 4 is 17.2 Å². The van der Waals surface area contributed by atoms with Crippen LogP contribution in [0.2, 0.25) is 0 Å². The topological polar surface area (TPSA) is 48.5 Å². The summed E-state index contributed by atoms with van der Waals surface area (Å²) in [6.45, 7) is 10.3. The molecular weight excluding hydrogens is 382 g/mol. The molecule has 3 rings (SSSR count). The lowest BCUT2D eigenvalue weighted by Gasteiger charge is -2.34. The highest BCUT2D eigenvalue weighted by Gasteiger charge is 2.22. The number of rotatable bonds is 5. The maximum atomic E-state index is 13.9. The van der Waals surface area contributed by atoms with Crippen molar-refractivity contribution in [3.8, 4) is 11.3 Å². The standard InChI is InChI=1S/C20H26F2N4OS/c1-20(2,3)24-18(27)11-25-6-8-26(9-7-25)12-19-23-17(13-28-19)15-10-14(21)4-5-16(15)22/h4-5,10,13H,6-9,11-12H2,1-3H3,(H,24,27). The van der Waals surface area contributed by atoms with E-state index in [0.29, 0.717) is 18.8 Å². The SMILES string of the molecule is CC(C)(C)NC(=O)CN1CCN(Cc2nc(-c3cc(F)ccc3F)cs2)CC1. The van der Waals surface area contributed by atoms with Gasteiger partial charge in [-0.15, -0.1) is 11.3 Å². The number of thiazole rings is 1. The van der Waals surface area contributed by atoms with Crippen LogP contribution in [-0.4, -0.2) is 59.0 Å². The Balaban J connectivity index is 1.51. The molecule has 152 valence electrons. The van der Waals surface area contributed by atoms with Gasteiger partial charge in [0.25, 0.3) is 0 Å². The Labute approximate surface area is 168 Å². The van der Waals surface area contributed by atoms with Gasteiger partial charge in [-0.1, -0.05) is 0 Å². The van der Waals surface area contributed by atoms with Crippen LogP contribution in [0.4, 0.5) is 8.78 Å². The van der Waals surface area contributed by atoms with Crippen LogP contribution in [0.5, 0.6) is 0 Å². The second kappa shape index (κ2) is 8.63. The van der Waals surface area contributed by atoms with Crippen molar-refractivity contribution in [1.29, 1.82) is 0 Å². The van der Waals surface area contributed by atoms with Crippen LogP contribution in [0.1, 0.15) is 25.8 Å². The van der Waals surface area contributed by atoms with Gasteiger partial charge < -0.3 is 5.32 Å². The fraction of sp³-hybridized carbons (Fsp3) is 0.500. The summed E-state index contributed by atoms with van der Waals surface area (Å²) in [5.41, 5.74) is 0.439. The van der Waals surface area contributed by atoms with E-state index in [1.807, 2.05) is 20.8 Å². The van der Waals surface area contributed by atoms with Gasteiger partial charge in [-0.25, -0.2) is 13.8 Å². The maximum Gasteiger partial charge on any atom is 0.234 e. The van der Waals surface area contributed by atoms with Crippen molar-refractivity contribution in [3.63, 3.8) is 0 Å². The molecule has 2 heterocycles. The molecule has 1 N–H and O–H groups in total. The van der Waals surface area contributed by atoms with Gasteiger partial charge in [-0.3, -0.25) is 14.6 Å². The Bertz CT molecular complexity index is 826. The first kappa shape index (κ1) is 20.8. The molecule has 1 aliphatic rings. The van der Waals surface area contributed by atoms with Crippen LogP contribution >= 0.6 is 11.3 Å². The summed E-state index contributed by atoms with van der Waals surface area (Å²) in [6, 6.07) is 3.40. The number of benzene rings is 1. The number of carbonyl (C=O) groups is 1. The molecule has 0 radical (unpaired) electrons. The molecule has 0 unspecified atom stereocenters. The van der Waals surface area contributed by atoms with Crippen LogP contribution in [0.25, 0.3) is 11.3 Å². The van der Waals surface area contributed by atoms with Gasteiger partial charge in [0.2, 0.25) is 5.91 Å². The molecule has 2 aromatic rings. The van der Waals surface area contributed by atoms with E-state index >= 15 is 0 Å². The number of piperazine rings is 1. The molecule has 1 saturated heterocycles. The molecule has 5 nitrogen and oxygen atoms in total. The number of halogens is 2. The lowest BCUT2D eigenvalue weighted by molar-refractivity contribution is -0.124. The first-order valence-corrected chi connectivity index (χ1v) is 10.2. The fourth-order valence-corrected chi connectivity index (χ4v) is 3.99. The van der Waals surface area contributed by atoms with Crippen LogP contribution < -0.4 is 5.32 Å². The molecule has 1 aliphatic heterocycles. The average Bonchev–Trinajstić information content (AvgIpc) is 3.05. The number of aromatic nitrogens is 1. The fourth-order valence-electron chi connectivity index (χ4n) is 3.16. The highest BCUT2D eigenvalue weighted by molar-refractivity contribution is 7.09. The highest BCUT2D eigenvalue weighted by Crippen LogP contribution is 2.26. The van der Waals surface area contributed by atoms with E-state index in [-0.39, 0.29) is 17.0 Å². The summed E-state index contributed by atoms with van der Waals surface area (Å²) in [5.74, 6) is -0.902. The number of hydrogen-bond acceptors (Lipinski definition) is 5. The van der Waals surface area contributed by atoms with Gasteiger partial charge in [0.05, 0.1) is 18.8 Å². The Kier molecular flexibility index (Phi) is 6.42. The molecule has 0 aliphatic carbocycles. The summed E-state index contributed by atoms with van der Waals surface area (Å²) in [4.78, 5) is 20.9. The van der Waals surface area contributed by atoms with Gasteiger partial charge >= 0.3 is 0 Å². The summed E-state index contributed by atoms with van der Waals surface area (Å²) in [5, 5.41) is 5.62. The zero-order valence-electron chi connectivity index (χ0n) is 16.5. The zero-order chi connectivity index (χ0) is 20.3. The second-order valence-corrected chi connectivity index (χ2v) is 9.04. The van der Waals surface area contributed by atoms with Crippen molar-refractivity contribution in [2.45, 2.75) is 32.9 Å². The third-order valence-corrected chi connectivity index (χ3v) is 5.30. The third-order valence-electron chi connectivity index (χ3n) is 4.46. The van der Waals surface area contributed by atoms with Crippen LogP contribution in [-0.2, 0) is 11.3 Å². The van der Waals surface area contributed by atoms with Gasteiger partial charge in [-0.05, 0) is 39.0 Å². The quantitative estimate of drug-likeness (QED) is 0.826. The molecule has 1 amide bonds. The minimum atomic E-state index is -0.474. The normalized spacial score (nSPS) is 16.3. The van der Waals surface area contributed by atoms with Crippen molar-refractivity contribution in [2.24, 2.45) is 0 Å². The molecule has 0 bridgehead atoms. The van der Waals surface area contributed by atoms with E-state index in [1.165, 1.54) is 17.4 Å². The molecule has 0 saturated carbocycles. The van der Waals surface area contributed by atoms with Crippen molar-refractivity contribution < 1.29 is 13.6 Å². The molecule has 0 spiro atoms. The van der Waals surface area contributed by atoms with E-state index in [4.69, 9.17) is 0 Å². The molecule has 8 heteroatoms. The van der Waals surface area contributed by atoms with E-state index in [9.17, 15) is 13.6 Å². The van der Waals surface area contributed by atoms with Gasteiger partial charge in [0.1, 0.15) is 16.6 Å². The Morgan fingerprint density at radius 2 is 1.86 bits per heavy atom. The molecule has 1 fully saturated rings. The number of hydrogen-bond donors (Lipinski definition) is 1. The Morgan fingerprint density at radius 3 is 2.54 bits per heavy atom. The average molecular weight is 409 g/mol. The van der Waals surface area contributed by atoms with Crippen LogP contribution in [0, 0.1) is 11.6 Å². The number of carbonyl (C=O) groups excluding carboxylic acids is 1. The summed E-state index contributed by atoms with van der Waals surface area (Å²) in [7, 11) is 0.